The quantitative estimate of drug-likeness (QED) is 0.875. The molecule has 1 aromatic heterocycles. The van der Waals surface area contributed by atoms with E-state index < -0.39 is 0 Å². The molecule has 1 saturated carbocycles. The first-order valence-corrected chi connectivity index (χ1v) is 5.97. The number of ether oxygens (including phenoxy) is 1. The molecule has 0 aliphatic heterocycles. The number of halogens is 1. The van der Waals surface area contributed by atoms with Crippen LogP contribution in [-0.4, -0.2) is 23.1 Å². The van der Waals surface area contributed by atoms with Gasteiger partial charge in [-0.1, -0.05) is 18.0 Å². The first-order chi connectivity index (χ1) is 7.81. The second kappa shape index (κ2) is 5.46. The molecule has 0 saturated heterocycles. The van der Waals surface area contributed by atoms with Crippen LogP contribution >= 0.6 is 11.6 Å². The van der Waals surface area contributed by atoms with E-state index in [1.807, 2.05) is 0 Å². The van der Waals surface area contributed by atoms with Gasteiger partial charge < -0.3 is 10.5 Å². The maximum Gasteiger partial charge on any atom is 0.235 e. The van der Waals surface area contributed by atoms with Crippen LogP contribution in [0.4, 0.5) is 0 Å². The zero-order valence-electron chi connectivity index (χ0n) is 9.10. The zero-order chi connectivity index (χ0) is 11.4. The topological polar surface area (TPSA) is 61.0 Å². The fourth-order valence-electron chi connectivity index (χ4n) is 2.24. The van der Waals surface area contributed by atoms with Crippen molar-refractivity contribution < 1.29 is 4.74 Å². The Balaban J connectivity index is 1.90. The van der Waals surface area contributed by atoms with E-state index >= 15 is 0 Å². The van der Waals surface area contributed by atoms with Crippen molar-refractivity contribution >= 4 is 11.6 Å². The monoisotopic (exact) mass is 241 g/mol. The van der Waals surface area contributed by atoms with Gasteiger partial charge in [0.25, 0.3) is 0 Å². The van der Waals surface area contributed by atoms with Crippen LogP contribution in [0.3, 0.4) is 0 Å². The van der Waals surface area contributed by atoms with E-state index in [1.54, 1.807) is 6.20 Å². The molecular weight excluding hydrogens is 226 g/mol. The van der Waals surface area contributed by atoms with Crippen LogP contribution in [0, 0.1) is 11.8 Å². The summed E-state index contributed by atoms with van der Waals surface area (Å²) in [6, 6.07) is 0. The van der Waals surface area contributed by atoms with Gasteiger partial charge >= 0.3 is 0 Å². The molecular formula is C11H16ClN3O. The predicted molar refractivity (Wildman–Crippen MR) is 62.4 cm³/mol. The van der Waals surface area contributed by atoms with Crippen LogP contribution in [0.25, 0.3) is 0 Å². The molecule has 4 nitrogen and oxygen atoms in total. The van der Waals surface area contributed by atoms with Crippen LogP contribution in [-0.2, 0) is 0 Å². The Morgan fingerprint density at radius 1 is 1.44 bits per heavy atom. The molecule has 88 valence electrons. The molecule has 1 fully saturated rings. The molecule has 0 spiro atoms. The van der Waals surface area contributed by atoms with Crippen molar-refractivity contribution in [3.05, 3.63) is 17.5 Å². The Labute approximate surface area is 100 Å². The highest BCUT2D eigenvalue weighted by molar-refractivity contribution is 6.31. The van der Waals surface area contributed by atoms with E-state index in [-0.39, 0.29) is 0 Å². The van der Waals surface area contributed by atoms with Gasteiger partial charge in [-0.05, 0) is 31.2 Å². The highest BCUT2D eigenvalue weighted by Gasteiger charge is 2.26. The lowest BCUT2D eigenvalue weighted by Gasteiger charge is -2.17. The van der Waals surface area contributed by atoms with Gasteiger partial charge in [-0.3, -0.25) is 0 Å². The lowest BCUT2D eigenvalue weighted by molar-refractivity contribution is 0.210. The molecule has 1 aliphatic carbocycles. The molecule has 0 amide bonds. The van der Waals surface area contributed by atoms with Crippen LogP contribution in [0.2, 0.25) is 5.02 Å². The predicted octanol–water partition coefficient (Wildman–Crippen LogP) is 1.88. The average Bonchev–Trinajstić information content (AvgIpc) is 2.75. The number of nitrogens with zero attached hydrogens (tertiary/aromatic N) is 2. The zero-order valence-corrected chi connectivity index (χ0v) is 9.86. The van der Waals surface area contributed by atoms with Crippen molar-refractivity contribution in [3.63, 3.8) is 0 Å². The van der Waals surface area contributed by atoms with Crippen molar-refractivity contribution in [2.45, 2.75) is 19.3 Å². The highest BCUT2D eigenvalue weighted by Crippen LogP contribution is 2.31. The van der Waals surface area contributed by atoms with Crippen molar-refractivity contribution in [1.82, 2.24) is 9.97 Å². The summed E-state index contributed by atoms with van der Waals surface area (Å²) < 4.78 is 5.61. The van der Waals surface area contributed by atoms with Crippen molar-refractivity contribution in [2.75, 3.05) is 13.2 Å². The summed E-state index contributed by atoms with van der Waals surface area (Å²) in [7, 11) is 0. The third-order valence-electron chi connectivity index (χ3n) is 3.19. The van der Waals surface area contributed by atoms with Gasteiger partial charge in [-0.15, -0.1) is 0 Å². The lowest BCUT2D eigenvalue weighted by atomic mass is 9.97. The Bertz CT molecular complexity index is 348. The van der Waals surface area contributed by atoms with Gasteiger partial charge in [-0.25, -0.2) is 9.97 Å². The molecule has 1 aliphatic rings. The minimum absolute atomic E-state index is 0.463. The van der Waals surface area contributed by atoms with E-state index in [9.17, 15) is 0 Å². The fourth-order valence-corrected chi connectivity index (χ4v) is 2.40. The van der Waals surface area contributed by atoms with Crippen LogP contribution in [0.5, 0.6) is 5.88 Å². The van der Waals surface area contributed by atoms with Gasteiger partial charge in [0.05, 0.1) is 12.8 Å². The SMILES string of the molecule is NCC1CCCC1COc1ncncc1Cl. The van der Waals surface area contributed by atoms with Crippen LogP contribution in [0.15, 0.2) is 12.5 Å². The van der Waals surface area contributed by atoms with Crippen LogP contribution in [0.1, 0.15) is 19.3 Å². The van der Waals surface area contributed by atoms with E-state index in [0.717, 1.165) is 6.54 Å². The molecule has 16 heavy (non-hydrogen) atoms. The van der Waals surface area contributed by atoms with Gasteiger partial charge in [0.15, 0.2) is 0 Å². The largest absolute Gasteiger partial charge is 0.476 e. The van der Waals surface area contributed by atoms with E-state index in [0.29, 0.717) is 29.3 Å². The minimum Gasteiger partial charge on any atom is -0.476 e. The average molecular weight is 242 g/mol. The summed E-state index contributed by atoms with van der Waals surface area (Å²) in [5.41, 5.74) is 5.72. The first-order valence-electron chi connectivity index (χ1n) is 5.59. The minimum atomic E-state index is 0.463. The van der Waals surface area contributed by atoms with Gasteiger partial charge in [0, 0.05) is 0 Å². The van der Waals surface area contributed by atoms with E-state index in [2.05, 4.69) is 9.97 Å². The molecule has 1 aromatic rings. The van der Waals surface area contributed by atoms with Crippen molar-refractivity contribution in [2.24, 2.45) is 17.6 Å². The van der Waals surface area contributed by atoms with Crippen LogP contribution < -0.4 is 10.5 Å². The summed E-state index contributed by atoms with van der Waals surface area (Å²) in [5.74, 6) is 1.59. The summed E-state index contributed by atoms with van der Waals surface area (Å²) in [6.45, 7) is 1.39. The Kier molecular flexibility index (Phi) is 3.96. The summed E-state index contributed by atoms with van der Waals surface area (Å²) in [4.78, 5) is 7.81. The number of rotatable bonds is 4. The molecule has 2 rings (SSSR count). The second-order valence-corrected chi connectivity index (χ2v) is 4.58. The fraction of sp³-hybridized carbons (Fsp3) is 0.636. The third kappa shape index (κ3) is 2.62. The summed E-state index contributed by atoms with van der Waals surface area (Å²) in [6.07, 6.45) is 6.62. The molecule has 2 atom stereocenters. The Morgan fingerprint density at radius 2 is 2.25 bits per heavy atom. The normalized spacial score (nSPS) is 24.6. The summed E-state index contributed by atoms with van der Waals surface area (Å²) in [5, 5.41) is 0.463. The highest BCUT2D eigenvalue weighted by atomic mass is 35.5. The smallest absolute Gasteiger partial charge is 0.235 e. The molecule has 0 radical (unpaired) electrons. The molecule has 2 unspecified atom stereocenters. The molecule has 0 bridgehead atoms. The van der Waals surface area contributed by atoms with Gasteiger partial charge in [-0.2, -0.15) is 0 Å². The first kappa shape index (κ1) is 11.6. The third-order valence-corrected chi connectivity index (χ3v) is 3.45. The van der Waals surface area contributed by atoms with E-state index in [4.69, 9.17) is 22.1 Å². The number of hydrogen-bond acceptors (Lipinski definition) is 4. The molecule has 1 heterocycles. The maximum absolute atomic E-state index is 5.91. The maximum atomic E-state index is 5.91. The number of aromatic nitrogens is 2. The van der Waals surface area contributed by atoms with E-state index in [1.165, 1.54) is 25.6 Å². The Hall–Kier alpha value is -0.870. The summed E-state index contributed by atoms with van der Waals surface area (Å²) >= 11 is 5.91. The second-order valence-electron chi connectivity index (χ2n) is 4.17. The number of nitrogens with two attached hydrogens (primary N) is 1. The van der Waals surface area contributed by atoms with Gasteiger partial charge in [0.2, 0.25) is 5.88 Å². The van der Waals surface area contributed by atoms with Crippen molar-refractivity contribution in [1.29, 1.82) is 0 Å². The number of hydrogen-bond donors (Lipinski definition) is 1. The Morgan fingerprint density at radius 3 is 3.00 bits per heavy atom. The van der Waals surface area contributed by atoms with Gasteiger partial charge in [0.1, 0.15) is 11.3 Å². The lowest BCUT2D eigenvalue weighted by Crippen LogP contribution is -2.23. The molecule has 0 aromatic carbocycles. The standard InChI is InChI=1S/C11H16ClN3O/c12-10-5-14-7-15-11(10)16-6-9-3-1-2-8(9)4-13/h5,7-9H,1-4,6,13H2. The molecule has 5 heteroatoms. The van der Waals surface area contributed by atoms with Crippen molar-refractivity contribution in [3.8, 4) is 5.88 Å². The molecule has 2 N–H and O–H groups in total.